The fraction of sp³-hybridized carbons (Fsp3) is 0.125. The standard InChI is InChI=1S/C8H7BrN4/c9-8-4-3-7(6-11-8)2-1-5-12-13-10/h1-4,6H,5H2. The van der Waals surface area contributed by atoms with Crippen molar-refractivity contribution < 1.29 is 0 Å². The smallest absolute Gasteiger partial charge is 0.106 e. The fourth-order valence-electron chi connectivity index (χ4n) is 0.758. The van der Waals surface area contributed by atoms with Gasteiger partial charge in [0.1, 0.15) is 4.60 Å². The molecule has 0 saturated heterocycles. The summed E-state index contributed by atoms with van der Waals surface area (Å²) in [4.78, 5) is 6.67. The van der Waals surface area contributed by atoms with E-state index >= 15 is 0 Å². The minimum atomic E-state index is 0.368. The Morgan fingerprint density at radius 1 is 1.62 bits per heavy atom. The van der Waals surface area contributed by atoms with Crippen molar-refractivity contribution in [2.24, 2.45) is 5.11 Å². The van der Waals surface area contributed by atoms with Crippen molar-refractivity contribution in [2.45, 2.75) is 0 Å². The lowest BCUT2D eigenvalue weighted by Gasteiger charge is -1.91. The van der Waals surface area contributed by atoms with E-state index in [0.29, 0.717) is 6.54 Å². The fourth-order valence-corrected chi connectivity index (χ4v) is 0.993. The summed E-state index contributed by atoms with van der Waals surface area (Å²) < 4.78 is 0.805. The van der Waals surface area contributed by atoms with Gasteiger partial charge in [-0.25, -0.2) is 4.98 Å². The second-order valence-electron chi connectivity index (χ2n) is 2.23. The van der Waals surface area contributed by atoms with Crippen molar-refractivity contribution >= 4 is 22.0 Å². The normalized spacial score (nSPS) is 9.92. The molecule has 1 heterocycles. The van der Waals surface area contributed by atoms with Gasteiger partial charge in [0.25, 0.3) is 0 Å². The summed E-state index contributed by atoms with van der Waals surface area (Å²) in [6.07, 6.45) is 5.37. The van der Waals surface area contributed by atoms with Crippen LogP contribution in [0.2, 0.25) is 0 Å². The molecule has 0 N–H and O–H groups in total. The van der Waals surface area contributed by atoms with Gasteiger partial charge in [0.2, 0.25) is 0 Å². The Labute approximate surface area is 84.1 Å². The highest BCUT2D eigenvalue weighted by atomic mass is 79.9. The summed E-state index contributed by atoms with van der Waals surface area (Å²) in [6.45, 7) is 0.368. The zero-order valence-corrected chi connectivity index (χ0v) is 8.35. The van der Waals surface area contributed by atoms with Gasteiger partial charge in [-0.05, 0) is 33.1 Å². The van der Waals surface area contributed by atoms with Crippen LogP contribution in [0.25, 0.3) is 16.5 Å². The number of pyridine rings is 1. The van der Waals surface area contributed by atoms with E-state index in [1.54, 1.807) is 12.3 Å². The molecule has 1 aromatic rings. The van der Waals surface area contributed by atoms with Crippen LogP contribution in [-0.2, 0) is 0 Å². The number of hydrogen-bond acceptors (Lipinski definition) is 2. The Bertz CT molecular complexity index is 338. The Balaban J connectivity index is 2.58. The second-order valence-corrected chi connectivity index (χ2v) is 3.04. The Morgan fingerprint density at radius 2 is 2.46 bits per heavy atom. The molecule has 13 heavy (non-hydrogen) atoms. The van der Waals surface area contributed by atoms with Crippen molar-refractivity contribution in [2.75, 3.05) is 6.54 Å². The van der Waals surface area contributed by atoms with Crippen LogP contribution in [0.4, 0.5) is 0 Å². The van der Waals surface area contributed by atoms with E-state index in [-0.39, 0.29) is 0 Å². The highest BCUT2D eigenvalue weighted by Crippen LogP contribution is 2.07. The lowest BCUT2D eigenvalue weighted by molar-refractivity contribution is 1.22. The van der Waals surface area contributed by atoms with Crippen LogP contribution in [-0.4, -0.2) is 11.5 Å². The van der Waals surface area contributed by atoms with Gasteiger partial charge in [0, 0.05) is 17.7 Å². The van der Waals surface area contributed by atoms with Gasteiger partial charge < -0.3 is 0 Å². The third-order valence-electron chi connectivity index (χ3n) is 1.31. The number of nitrogens with zero attached hydrogens (tertiary/aromatic N) is 4. The first kappa shape index (κ1) is 9.77. The third kappa shape index (κ3) is 3.73. The maximum Gasteiger partial charge on any atom is 0.106 e. The predicted molar refractivity (Wildman–Crippen MR) is 55.0 cm³/mol. The molecule has 1 rings (SSSR count). The minimum absolute atomic E-state index is 0.368. The summed E-state index contributed by atoms with van der Waals surface area (Å²) in [5.74, 6) is 0. The molecule has 0 unspecified atom stereocenters. The number of hydrogen-bond donors (Lipinski definition) is 0. The number of rotatable bonds is 3. The van der Waals surface area contributed by atoms with Gasteiger partial charge in [0.15, 0.2) is 0 Å². The van der Waals surface area contributed by atoms with Gasteiger partial charge in [-0.2, -0.15) is 0 Å². The maximum absolute atomic E-state index is 8.01. The van der Waals surface area contributed by atoms with E-state index in [9.17, 15) is 0 Å². The lowest BCUT2D eigenvalue weighted by atomic mass is 10.2. The first-order chi connectivity index (χ1) is 6.33. The molecule has 0 bridgehead atoms. The Kier molecular flexibility index (Phi) is 4.02. The molecule has 0 atom stereocenters. The minimum Gasteiger partial charge on any atom is -0.249 e. The van der Waals surface area contributed by atoms with Gasteiger partial charge in [0.05, 0.1) is 0 Å². The Morgan fingerprint density at radius 3 is 3.08 bits per heavy atom. The molecule has 0 saturated carbocycles. The third-order valence-corrected chi connectivity index (χ3v) is 1.78. The zero-order chi connectivity index (χ0) is 9.52. The van der Waals surface area contributed by atoms with Crippen LogP contribution in [0.5, 0.6) is 0 Å². The summed E-state index contributed by atoms with van der Waals surface area (Å²) >= 11 is 3.24. The van der Waals surface area contributed by atoms with Crippen LogP contribution in [0.1, 0.15) is 5.56 Å². The zero-order valence-electron chi connectivity index (χ0n) is 6.76. The molecule has 1 aromatic heterocycles. The topological polar surface area (TPSA) is 61.7 Å². The number of aromatic nitrogens is 1. The summed E-state index contributed by atoms with van der Waals surface area (Å²) in [6, 6.07) is 3.77. The van der Waals surface area contributed by atoms with Crippen LogP contribution in [0, 0.1) is 0 Å². The van der Waals surface area contributed by atoms with Crippen molar-refractivity contribution in [1.82, 2.24) is 4.98 Å². The molecule has 66 valence electrons. The average Bonchev–Trinajstić information content (AvgIpc) is 2.15. The maximum atomic E-state index is 8.01. The highest BCUT2D eigenvalue weighted by molar-refractivity contribution is 9.10. The van der Waals surface area contributed by atoms with Gasteiger partial charge in [-0.15, -0.1) is 0 Å². The summed E-state index contributed by atoms with van der Waals surface area (Å²) in [5, 5.41) is 3.37. The van der Waals surface area contributed by atoms with Crippen LogP contribution >= 0.6 is 15.9 Å². The van der Waals surface area contributed by atoms with Crippen molar-refractivity contribution in [3.05, 3.63) is 45.0 Å². The van der Waals surface area contributed by atoms with E-state index < -0.39 is 0 Å². The monoisotopic (exact) mass is 238 g/mol. The van der Waals surface area contributed by atoms with Crippen molar-refractivity contribution in [1.29, 1.82) is 0 Å². The van der Waals surface area contributed by atoms with Gasteiger partial charge in [-0.1, -0.05) is 23.3 Å². The molecule has 0 aliphatic rings. The van der Waals surface area contributed by atoms with E-state index in [1.165, 1.54) is 0 Å². The van der Waals surface area contributed by atoms with Crippen LogP contribution in [0.3, 0.4) is 0 Å². The molecule has 4 nitrogen and oxygen atoms in total. The molecule has 0 radical (unpaired) electrons. The molecule has 0 aliphatic heterocycles. The van der Waals surface area contributed by atoms with Crippen LogP contribution < -0.4 is 0 Å². The first-order valence-corrected chi connectivity index (χ1v) is 4.41. The van der Waals surface area contributed by atoms with E-state index in [0.717, 1.165) is 10.2 Å². The van der Waals surface area contributed by atoms with Crippen molar-refractivity contribution in [3.8, 4) is 0 Å². The predicted octanol–water partition coefficient (Wildman–Crippen LogP) is 3.17. The van der Waals surface area contributed by atoms with Crippen LogP contribution in [0.15, 0.2) is 34.1 Å². The van der Waals surface area contributed by atoms with E-state index in [2.05, 4.69) is 30.9 Å². The molecule has 0 spiro atoms. The number of halogens is 1. The molecule has 0 aromatic carbocycles. The van der Waals surface area contributed by atoms with E-state index in [4.69, 9.17) is 5.53 Å². The molecule has 5 heteroatoms. The average molecular weight is 239 g/mol. The quantitative estimate of drug-likeness (QED) is 0.346. The molecule has 0 amide bonds. The number of azide groups is 1. The largest absolute Gasteiger partial charge is 0.249 e. The SMILES string of the molecule is [N-]=[N+]=NCC=Cc1ccc(Br)nc1. The lowest BCUT2D eigenvalue weighted by Crippen LogP contribution is -1.77. The first-order valence-electron chi connectivity index (χ1n) is 3.62. The highest BCUT2D eigenvalue weighted by Gasteiger charge is 1.87. The summed E-state index contributed by atoms with van der Waals surface area (Å²) in [5.41, 5.74) is 8.99. The molecule has 0 aliphatic carbocycles. The van der Waals surface area contributed by atoms with E-state index in [1.807, 2.05) is 18.2 Å². The van der Waals surface area contributed by atoms with Crippen molar-refractivity contribution in [3.63, 3.8) is 0 Å². The van der Waals surface area contributed by atoms with Gasteiger partial charge in [-0.3, -0.25) is 0 Å². The second kappa shape index (κ2) is 5.35. The van der Waals surface area contributed by atoms with Gasteiger partial charge >= 0.3 is 0 Å². The molecular formula is C8H7BrN4. The summed E-state index contributed by atoms with van der Waals surface area (Å²) in [7, 11) is 0. The molecule has 0 fully saturated rings. The Hall–Kier alpha value is -1.32. The molecular weight excluding hydrogens is 232 g/mol.